The second-order valence-corrected chi connectivity index (χ2v) is 16.2. The number of hydrogen-bond donors (Lipinski definition) is 3. The molecule has 16 heteroatoms. The fourth-order valence-corrected chi connectivity index (χ4v) is 7.50. The number of unbranched alkanes of at least 4 members (excludes halogenated alkanes) is 1. The number of nitrogens with one attached hydrogen (secondary N) is 2. The zero-order valence-corrected chi connectivity index (χ0v) is 38.3. The number of halogens is 4. The van der Waals surface area contributed by atoms with Crippen LogP contribution >= 0.6 is 46.4 Å². The molecule has 0 aliphatic heterocycles. The molecule has 12 nitrogen and oxygen atoms in total. The number of rotatable bonds is 22. The van der Waals surface area contributed by atoms with E-state index < -0.39 is 0 Å². The maximum Gasteiger partial charge on any atom is 0.255 e. The summed E-state index contributed by atoms with van der Waals surface area (Å²) in [5.41, 5.74) is 5.80. The average Bonchev–Trinajstić information content (AvgIpc) is 3.32. The molecule has 0 aliphatic rings. The van der Waals surface area contributed by atoms with Gasteiger partial charge in [-0.25, -0.2) is 4.85 Å². The Kier molecular flexibility index (Phi) is 18.1. The number of ether oxygens (including phenoxy) is 4. The van der Waals surface area contributed by atoms with E-state index in [1.165, 1.54) is 18.5 Å². The van der Waals surface area contributed by atoms with Gasteiger partial charge in [-0.05, 0) is 49.2 Å². The molecule has 0 unspecified atom stereocenters. The highest BCUT2D eigenvalue weighted by Crippen LogP contribution is 2.40. The Hall–Kier alpha value is -6.09. The van der Waals surface area contributed by atoms with Gasteiger partial charge in [0, 0.05) is 90.0 Å². The summed E-state index contributed by atoms with van der Waals surface area (Å²) in [7, 11) is 0. The number of nitrogens with zero attached hydrogens (tertiary/aromatic N) is 4. The van der Waals surface area contributed by atoms with E-state index in [1.54, 1.807) is 42.7 Å². The van der Waals surface area contributed by atoms with Crippen LogP contribution in [0.15, 0.2) is 97.6 Å². The number of carbonyl (C=O) groups is 1. The minimum atomic E-state index is -0.348. The molecule has 4 aromatic carbocycles. The van der Waals surface area contributed by atoms with Gasteiger partial charge in [0.1, 0.15) is 55.5 Å². The summed E-state index contributed by atoms with van der Waals surface area (Å²) < 4.78 is 24.8. The number of aliphatic hydroxyl groups is 1. The van der Waals surface area contributed by atoms with E-state index in [9.17, 15) is 15.2 Å². The van der Waals surface area contributed by atoms with Gasteiger partial charge in [-0.2, -0.15) is 5.26 Å². The number of pyridine rings is 2. The van der Waals surface area contributed by atoms with Crippen molar-refractivity contribution < 1.29 is 28.8 Å². The van der Waals surface area contributed by atoms with Crippen molar-refractivity contribution >= 4 is 58.0 Å². The van der Waals surface area contributed by atoms with Crippen LogP contribution in [-0.4, -0.2) is 40.7 Å². The average molecular weight is 955 g/mol. The third-order valence-electron chi connectivity index (χ3n) is 9.87. The number of nitriles is 1. The number of amides is 1. The molecule has 65 heavy (non-hydrogen) atoms. The van der Waals surface area contributed by atoms with Crippen LogP contribution in [0.25, 0.3) is 16.0 Å². The topological polar surface area (TPSA) is 152 Å². The molecule has 0 aliphatic carbocycles. The third-order valence-corrected chi connectivity index (χ3v) is 11.4. The molecule has 0 atom stereocenters. The molecule has 334 valence electrons. The molecule has 0 bridgehead atoms. The Morgan fingerprint density at radius 3 is 1.95 bits per heavy atom. The highest BCUT2D eigenvalue weighted by atomic mass is 35.5. The predicted octanol–water partition coefficient (Wildman–Crippen LogP) is 11.5. The fraction of sp³-hybridized carbons (Fsp3) is 0.245. The number of aliphatic hydroxyl groups excluding tert-OH is 1. The normalized spacial score (nSPS) is 10.8. The molecule has 1 amide bonds. The van der Waals surface area contributed by atoms with Crippen LogP contribution in [0.3, 0.4) is 0 Å². The Morgan fingerprint density at radius 1 is 0.723 bits per heavy atom. The fourth-order valence-electron chi connectivity index (χ4n) is 6.48. The minimum Gasteiger partial charge on any atom is -0.488 e. The van der Waals surface area contributed by atoms with E-state index in [1.807, 2.05) is 43.3 Å². The maximum absolute atomic E-state index is 13.2. The smallest absolute Gasteiger partial charge is 0.255 e. The van der Waals surface area contributed by atoms with Gasteiger partial charge in [-0.1, -0.05) is 96.1 Å². The summed E-state index contributed by atoms with van der Waals surface area (Å²) in [6.45, 7) is 11.2. The van der Waals surface area contributed by atoms with Gasteiger partial charge in [-0.15, -0.1) is 0 Å². The van der Waals surface area contributed by atoms with Crippen LogP contribution in [0.4, 0.5) is 5.69 Å². The molecule has 6 rings (SSSR count). The van der Waals surface area contributed by atoms with Gasteiger partial charge in [0.05, 0.1) is 37.8 Å². The Balaban J connectivity index is 1.19. The predicted molar refractivity (Wildman–Crippen MR) is 252 cm³/mol. The van der Waals surface area contributed by atoms with Crippen molar-refractivity contribution in [2.45, 2.75) is 59.2 Å². The standard InChI is InChI=1S/C49H44Cl4N6O6/c1-3-4-13-59-49(61)40-18-42(51)46(20-44(40)63-27-32-15-31(21-54)22-57-23-32)65-30-35-9-6-11-39(48(35)53)38-10-5-8-34(47(38)52)29-64-45-19-43(36(17-41(45)50)25-56-12-7-14-60)62-28-33-16-37(55-2)26-58-24-33/h5-6,8-11,15-20,22-24,26,56,60H,3-4,7,12-14,25,27-30H2,1H3,(H,59,61). The van der Waals surface area contributed by atoms with Crippen LogP contribution < -0.4 is 29.6 Å². The summed E-state index contributed by atoms with van der Waals surface area (Å²) in [4.78, 5) is 24.9. The Bertz CT molecular complexity index is 2710. The molecular formula is C49H44Cl4N6O6. The van der Waals surface area contributed by atoms with Crippen molar-refractivity contribution in [2.75, 3.05) is 19.7 Å². The van der Waals surface area contributed by atoms with E-state index >= 15 is 0 Å². The summed E-state index contributed by atoms with van der Waals surface area (Å²) in [6, 6.07) is 23.1. The Morgan fingerprint density at radius 2 is 1.32 bits per heavy atom. The zero-order valence-electron chi connectivity index (χ0n) is 35.3. The molecule has 0 spiro atoms. The first-order valence-corrected chi connectivity index (χ1v) is 22.1. The van der Waals surface area contributed by atoms with Crippen molar-refractivity contribution in [1.82, 2.24) is 20.6 Å². The van der Waals surface area contributed by atoms with Gasteiger partial charge < -0.3 is 34.7 Å². The maximum atomic E-state index is 13.2. The number of aromatic nitrogens is 2. The second kappa shape index (κ2) is 24.3. The summed E-state index contributed by atoms with van der Waals surface area (Å²) in [5, 5.41) is 26.1. The molecule has 3 N–H and O–H groups in total. The van der Waals surface area contributed by atoms with Gasteiger partial charge in [0.25, 0.3) is 5.91 Å². The molecule has 0 fully saturated rings. The highest BCUT2D eigenvalue weighted by molar-refractivity contribution is 6.37. The van der Waals surface area contributed by atoms with Gasteiger partial charge in [0.15, 0.2) is 0 Å². The van der Waals surface area contributed by atoms with E-state index in [0.29, 0.717) is 91.7 Å². The minimum absolute atomic E-state index is 0.0137. The molecule has 0 saturated heterocycles. The first kappa shape index (κ1) is 48.4. The highest BCUT2D eigenvalue weighted by Gasteiger charge is 2.20. The largest absolute Gasteiger partial charge is 0.488 e. The number of carbonyl (C=O) groups excluding carboxylic acids is 1. The SMILES string of the molecule is [C-]#[N+]c1cncc(COc2cc(OCc3cccc(-c4cccc(COc5cc(OCc6cncc(C#N)c6)c(C(=O)NCCCC)cc5Cl)c4Cl)c3Cl)c(Cl)cc2CNCCCO)c1. The number of hydrogen-bond acceptors (Lipinski definition) is 10. The summed E-state index contributed by atoms with van der Waals surface area (Å²) in [5.74, 6) is 1.04. The van der Waals surface area contributed by atoms with Crippen LogP contribution in [0, 0.1) is 17.9 Å². The number of benzene rings is 4. The van der Waals surface area contributed by atoms with Crippen molar-refractivity contribution in [3.05, 3.63) is 168 Å². The van der Waals surface area contributed by atoms with Gasteiger partial charge in [-0.3, -0.25) is 14.8 Å². The van der Waals surface area contributed by atoms with Crippen LogP contribution in [0.1, 0.15) is 69.9 Å². The quantitative estimate of drug-likeness (QED) is 0.0443. The van der Waals surface area contributed by atoms with E-state index in [0.717, 1.165) is 24.0 Å². The lowest BCUT2D eigenvalue weighted by atomic mass is 10.0. The van der Waals surface area contributed by atoms with E-state index in [2.05, 4.69) is 31.5 Å². The van der Waals surface area contributed by atoms with Crippen molar-refractivity contribution in [3.63, 3.8) is 0 Å². The summed E-state index contributed by atoms with van der Waals surface area (Å²) in [6.07, 6.45) is 8.48. The first-order valence-electron chi connectivity index (χ1n) is 20.6. The van der Waals surface area contributed by atoms with E-state index in [-0.39, 0.29) is 61.0 Å². The molecular weight excluding hydrogens is 910 g/mol. The van der Waals surface area contributed by atoms with Crippen LogP contribution in [0.2, 0.25) is 20.1 Å². The summed E-state index contributed by atoms with van der Waals surface area (Å²) >= 11 is 27.6. The third kappa shape index (κ3) is 13.2. The van der Waals surface area contributed by atoms with E-state index in [4.69, 9.17) is 71.9 Å². The Labute approximate surface area is 397 Å². The van der Waals surface area contributed by atoms with Crippen LogP contribution in [0.5, 0.6) is 23.0 Å². The second-order valence-electron chi connectivity index (χ2n) is 14.6. The molecule has 6 aromatic rings. The van der Waals surface area contributed by atoms with Crippen molar-refractivity contribution in [2.24, 2.45) is 0 Å². The first-order chi connectivity index (χ1) is 31.6. The lowest BCUT2D eigenvalue weighted by Gasteiger charge is -2.18. The van der Waals surface area contributed by atoms with Crippen molar-refractivity contribution in [3.8, 4) is 40.2 Å². The molecule has 0 radical (unpaired) electrons. The monoisotopic (exact) mass is 952 g/mol. The van der Waals surface area contributed by atoms with Crippen LogP contribution in [-0.2, 0) is 33.0 Å². The van der Waals surface area contributed by atoms with Gasteiger partial charge in [0.2, 0.25) is 5.69 Å². The lowest BCUT2D eigenvalue weighted by Crippen LogP contribution is -2.25. The molecule has 2 heterocycles. The zero-order chi connectivity index (χ0) is 46.1. The van der Waals surface area contributed by atoms with Gasteiger partial charge >= 0.3 is 0 Å². The molecule has 0 saturated carbocycles. The molecule has 2 aromatic heterocycles. The lowest BCUT2D eigenvalue weighted by molar-refractivity contribution is 0.0948. The van der Waals surface area contributed by atoms with Crippen molar-refractivity contribution in [1.29, 1.82) is 5.26 Å².